The molecule has 1 atom stereocenters. The molecule has 0 aliphatic carbocycles. The van der Waals surface area contributed by atoms with Crippen molar-refractivity contribution < 1.29 is 0 Å². The van der Waals surface area contributed by atoms with Crippen LogP contribution in [0.15, 0.2) is 0 Å². The first-order valence-corrected chi connectivity index (χ1v) is 8.08. The molecule has 17 heavy (non-hydrogen) atoms. The van der Waals surface area contributed by atoms with Gasteiger partial charge in [-0.3, -0.25) is 0 Å². The lowest BCUT2D eigenvalue weighted by atomic mass is 10.1. The number of hydrogen-bond donors (Lipinski definition) is 1. The summed E-state index contributed by atoms with van der Waals surface area (Å²) in [4.78, 5) is 0. The Hall–Kier alpha value is -0.0400. The number of rotatable bonds is 13. The van der Waals surface area contributed by atoms with Gasteiger partial charge >= 0.3 is 0 Å². The molecule has 0 aromatic rings. The van der Waals surface area contributed by atoms with Gasteiger partial charge in [-0.05, 0) is 25.8 Å². The van der Waals surface area contributed by atoms with Crippen molar-refractivity contribution in [2.45, 2.75) is 97.4 Å². The first kappa shape index (κ1) is 17.0. The third kappa shape index (κ3) is 12.2. The van der Waals surface area contributed by atoms with E-state index in [0.29, 0.717) is 0 Å². The number of hydrogen-bond acceptors (Lipinski definition) is 1. The fraction of sp³-hybridized carbons (Fsp3) is 1.00. The van der Waals surface area contributed by atoms with Gasteiger partial charge in [-0.2, -0.15) is 0 Å². The molecule has 0 rings (SSSR count). The van der Waals surface area contributed by atoms with Gasteiger partial charge in [0.25, 0.3) is 0 Å². The Morgan fingerprint density at radius 1 is 0.706 bits per heavy atom. The highest BCUT2D eigenvalue weighted by atomic mass is 14.9. The molecule has 0 aliphatic heterocycles. The molecule has 0 saturated heterocycles. The minimum atomic E-state index is 0.768. The summed E-state index contributed by atoms with van der Waals surface area (Å²) in [5.74, 6) is 0. The van der Waals surface area contributed by atoms with Crippen molar-refractivity contribution in [1.29, 1.82) is 0 Å². The minimum Gasteiger partial charge on any atom is -0.314 e. The zero-order valence-electron chi connectivity index (χ0n) is 12.6. The van der Waals surface area contributed by atoms with Gasteiger partial charge in [0.15, 0.2) is 0 Å². The fourth-order valence-corrected chi connectivity index (χ4v) is 2.36. The van der Waals surface area contributed by atoms with Gasteiger partial charge in [0.05, 0.1) is 0 Å². The van der Waals surface area contributed by atoms with Gasteiger partial charge in [-0.25, -0.2) is 0 Å². The molecule has 0 aromatic carbocycles. The van der Waals surface area contributed by atoms with Crippen LogP contribution in [0.4, 0.5) is 0 Å². The molecular formula is C16H35N. The Labute approximate surface area is 110 Å². The molecular weight excluding hydrogens is 206 g/mol. The van der Waals surface area contributed by atoms with Crippen LogP contribution in [0.3, 0.4) is 0 Å². The second-order valence-electron chi connectivity index (χ2n) is 5.32. The Bertz CT molecular complexity index is 133. The van der Waals surface area contributed by atoms with Crippen LogP contribution >= 0.6 is 0 Å². The maximum absolute atomic E-state index is 3.68. The molecule has 1 heteroatoms. The molecule has 0 aliphatic rings. The summed E-state index contributed by atoms with van der Waals surface area (Å²) in [6.07, 6.45) is 15.3. The SMILES string of the molecule is CCCCCCCCCCNC(CC)CCC. The lowest BCUT2D eigenvalue weighted by molar-refractivity contribution is 0.450. The van der Waals surface area contributed by atoms with E-state index in [-0.39, 0.29) is 0 Å². The van der Waals surface area contributed by atoms with Crippen molar-refractivity contribution in [2.75, 3.05) is 6.54 Å². The molecule has 1 unspecified atom stereocenters. The molecule has 0 amide bonds. The monoisotopic (exact) mass is 241 g/mol. The zero-order valence-corrected chi connectivity index (χ0v) is 12.6. The molecule has 1 nitrogen and oxygen atoms in total. The van der Waals surface area contributed by atoms with Crippen LogP contribution in [0.2, 0.25) is 0 Å². The van der Waals surface area contributed by atoms with E-state index in [1.807, 2.05) is 0 Å². The number of nitrogens with one attached hydrogen (secondary N) is 1. The normalized spacial score (nSPS) is 12.9. The molecule has 0 bridgehead atoms. The van der Waals surface area contributed by atoms with E-state index < -0.39 is 0 Å². The highest BCUT2D eigenvalue weighted by Crippen LogP contribution is 2.08. The summed E-state index contributed by atoms with van der Waals surface area (Å²) >= 11 is 0. The zero-order chi connectivity index (χ0) is 12.8. The van der Waals surface area contributed by atoms with E-state index in [4.69, 9.17) is 0 Å². The summed E-state index contributed by atoms with van der Waals surface area (Å²) in [5, 5.41) is 3.68. The Morgan fingerprint density at radius 2 is 1.29 bits per heavy atom. The summed E-state index contributed by atoms with van der Waals surface area (Å²) in [6.45, 7) is 8.08. The molecule has 0 heterocycles. The van der Waals surface area contributed by atoms with Gasteiger partial charge in [0, 0.05) is 6.04 Å². The third-order valence-corrected chi connectivity index (χ3v) is 3.59. The van der Waals surface area contributed by atoms with Crippen LogP contribution < -0.4 is 5.32 Å². The molecule has 1 N–H and O–H groups in total. The lowest BCUT2D eigenvalue weighted by Gasteiger charge is -2.15. The van der Waals surface area contributed by atoms with Crippen LogP contribution in [0.1, 0.15) is 91.4 Å². The minimum absolute atomic E-state index is 0.768. The summed E-state index contributed by atoms with van der Waals surface area (Å²) in [5.41, 5.74) is 0. The second kappa shape index (κ2) is 14.0. The maximum atomic E-state index is 3.68. The van der Waals surface area contributed by atoms with Gasteiger partial charge in [-0.1, -0.05) is 72.1 Å². The van der Waals surface area contributed by atoms with Crippen molar-refractivity contribution in [3.63, 3.8) is 0 Å². The van der Waals surface area contributed by atoms with Crippen molar-refractivity contribution in [3.05, 3.63) is 0 Å². The second-order valence-corrected chi connectivity index (χ2v) is 5.32. The maximum Gasteiger partial charge on any atom is 0.00643 e. The molecule has 0 spiro atoms. The van der Waals surface area contributed by atoms with Crippen LogP contribution in [-0.4, -0.2) is 12.6 Å². The topological polar surface area (TPSA) is 12.0 Å². The van der Waals surface area contributed by atoms with Crippen molar-refractivity contribution in [2.24, 2.45) is 0 Å². The van der Waals surface area contributed by atoms with E-state index in [1.54, 1.807) is 0 Å². The summed E-state index contributed by atoms with van der Waals surface area (Å²) in [6, 6.07) is 0.768. The van der Waals surface area contributed by atoms with Gasteiger partial charge in [0.2, 0.25) is 0 Å². The summed E-state index contributed by atoms with van der Waals surface area (Å²) < 4.78 is 0. The average molecular weight is 241 g/mol. The fourth-order valence-electron chi connectivity index (χ4n) is 2.36. The predicted molar refractivity (Wildman–Crippen MR) is 79.6 cm³/mol. The average Bonchev–Trinajstić information content (AvgIpc) is 2.35. The first-order valence-electron chi connectivity index (χ1n) is 8.08. The predicted octanol–water partition coefficient (Wildman–Crippen LogP) is 5.30. The van der Waals surface area contributed by atoms with Gasteiger partial charge in [0.1, 0.15) is 0 Å². The third-order valence-electron chi connectivity index (χ3n) is 3.59. The number of unbranched alkanes of at least 4 members (excludes halogenated alkanes) is 7. The summed E-state index contributed by atoms with van der Waals surface area (Å²) in [7, 11) is 0. The Kier molecular flexibility index (Phi) is 14.0. The molecule has 104 valence electrons. The quantitative estimate of drug-likeness (QED) is 0.432. The van der Waals surface area contributed by atoms with E-state index >= 15 is 0 Å². The first-order chi connectivity index (χ1) is 8.35. The highest BCUT2D eigenvalue weighted by Gasteiger charge is 2.02. The van der Waals surface area contributed by atoms with E-state index in [9.17, 15) is 0 Å². The van der Waals surface area contributed by atoms with Crippen LogP contribution in [-0.2, 0) is 0 Å². The van der Waals surface area contributed by atoms with Crippen molar-refractivity contribution >= 4 is 0 Å². The molecule has 0 radical (unpaired) electrons. The molecule has 0 saturated carbocycles. The standard InChI is InChI=1S/C16H35N/c1-4-7-8-9-10-11-12-13-15-17-16(6-3)14-5-2/h16-17H,4-15H2,1-3H3. The van der Waals surface area contributed by atoms with E-state index in [2.05, 4.69) is 26.1 Å². The van der Waals surface area contributed by atoms with E-state index in [0.717, 1.165) is 6.04 Å². The van der Waals surface area contributed by atoms with Gasteiger partial charge < -0.3 is 5.32 Å². The van der Waals surface area contributed by atoms with Gasteiger partial charge in [-0.15, -0.1) is 0 Å². The highest BCUT2D eigenvalue weighted by molar-refractivity contribution is 4.63. The van der Waals surface area contributed by atoms with Crippen molar-refractivity contribution in [1.82, 2.24) is 5.32 Å². The Balaban J connectivity index is 3.11. The van der Waals surface area contributed by atoms with Crippen LogP contribution in [0.25, 0.3) is 0 Å². The van der Waals surface area contributed by atoms with Crippen LogP contribution in [0, 0.1) is 0 Å². The van der Waals surface area contributed by atoms with Crippen LogP contribution in [0.5, 0.6) is 0 Å². The van der Waals surface area contributed by atoms with E-state index in [1.165, 1.54) is 77.2 Å². The van der Waals surface area contributed by atoms with Crippen molar-refractivity contribution in [3.8, 4) is 0 Å². The molecule has 0 fully saturated rings. The lowest BCUT2D eigenvalue weighted by Crippen LogP contribution is -2.29. The molecule has 0 aromatic heterocycles. The Morgan fingerprint density at radius 3 is 1.82 bits per heavy atom. The smallest absolute Gasteiger partial charge is 0.00643 e. The largest absolute Gasteiger partial charge is 0.314 e.